The highest BCUT2D eigenvalue weighted by Gasteiger charge is 2.40. The minimum Gasteiger partial charge on any atom is -0.376 e. The van der Waals surface area contributed by atoms with Gasteiger partial charge in [-0.25, -0.2) is 0 Å². The largest absolute Gasteiger partial charge is 0.376 e. The fourth-order valence-corrected chi connectivity index (χ4v) is 3.47. The van der Waals surface area contributed by atoms with Gasteiger partial charge >= 0.3 is 0 Å². The SMILES string of the molecule is CCc1nn(CC)c(CNC2CCOC2C2CC2)c1Cl. The van der Waals surface area contributed by atoms with Crippen LogP contribution in [0.2, 0.25) is 5.02 Å². The van der Waals surface area contributed by atoms with Crippen molar-refractivity contribution in [3.8, 4) is 0 Å². The first-order chi connectivity index (χ1) is 9.74. The van der Waals surface area contributed by atoms with Crippen molar-refractivity contribution in [2.75, 3.05) is 6.61 Å². The highest BCUT2D eigenvalue weighted by Crippen LogP contribution is 2.38. The summed E-state index contributed by atoms with van der Waals surface area (Å²) in [6.07, 6.45) is 5.07. The third kappa shape index (κ3) is 2.74. The van der Waals surface area contributed by atoms with E-state index in [1.165, 1.54) is 12.8 Å². The fraction of sp³-hybridized carbons (Fsp3) is 0.800. The average molecular weight is 298 g/mol. The van der Waals surface area contributed by atoms with E-state index in [0.29, 0.717) is 12.1 Å². The Morgan fingerprint density at radius 1 is 1.35 bits per heavy atom. The van der Waals surface area contributed by atoms with Gasteiger partial charge in [0.15, 0.2) is 0 Å². The Hall–Kier alpha value is -0.580. The van der Waals surface area contributed by atoms with Gasteiger partial charge in [-0.15, -0.1) is 0 Å². The predicted molar refractivity (Wildman–Crippen MR) is 80.0 cm³/mol. The second-order valence-electron chi connectivity index (χ2n) is 5.83. The van der Waals surface area contributed by atoms with Crippen LogP contribution in [0, 0.1) is 5.92 Å². The monoisotopic (exact) mass is 297 g/mol. The van der Waals surface area contributed by atoms with Crippen LogP contribution in [0.15, 0.2) is 0 Å². The molecule has 2 unspecified atom stereocenters. The molecule has 0 aromatic carbocycles. The Kier molecular flexibility index (Phi) is 4.34. The van der Waals surface area contributed by atoms with Gasteiger partial charge in [0.25, 0.3) is 0 Å². The normalized spacial score (nSPS) is 26.4. The third-order valence-electron chi connectivity index (χ3n) is 4.45. The number of rotatable bonds is 6. The Morgan fingerprint density at radius 2 is 2.15 bits per heavy atom. The van der Waals surface area contributed by atoms with Crippen LogP contribution in [-0.2, 0) is 24.2 Å². The van der Waals surface area contributed by atoms with Crippen LogP contribution in [0.5, 0.6) is 0 Å². The summed E-state index contributed by atoms with van der Waals surface area (Å²) < 4.78 is 7.90. The van der Waals surface area contributed by atoms with Gasteiger partial charge in [0.05, 0.1) is 22.5 Å². The van der Waals surface area contributed by atoms with E-state index in [2.05, 4.69) is 24.3 Å². The highest BCUT2D eigenvalue weighted by molar-refractivity contribution is 6.31. The zero-order valence-electron chi connectivity index (χ0n) is 12.4. The van der Waals surface area contributed by atoms with Crippen LogP contribution >= 0.6 is 11.6 Å². The number of ether oxygens (including phenoxy) is 1. The first-order valence-electron chi connectivity index (χ1n) is 7.83. The molecule has 1 N–H and O–H groups in total. The maximum absolute atomic E-state index is 6.45. The van der Waals surface area contributed by atoms with Crippen molar-refractivity contribution in [3.05, 3.63) is 16.4 Å². The number of aromatic nitrogens is 2. The summed E-state index contributed by atoms with van der Waals surface area (Å²) in [7, 11) is 0. The Morgan fingerprint density at radius 3 is 2.80 bits per heavy atom. The van der Waals surface area contributed by atoms with Gasteiger partial charge in [-0.3, -0.25) is 4.68 Å². The molecule has 5 heteroatoms. The van der Waals surface area contributed by atoms with Crippen LogP contribution in [0.4, 0.5) is 0 Å². The minimum absolute atomic E-state index is 0.414. The average Bonchev–Trinajstić information content (AvgIpc) is 3.12. The highest BCUT2D eigenvalue weighted by atomic mass is 35.5. The van der Waals surface area contributed by atoms with E-state index < -0.39 is 0 Å². The van der Waals surface area contributed by atoms with Crippen LogP contribution in [0.1, 0.15) is 44.5 Å². The van der Waals surface area contributed by atoms with Crippen LogP contribution in [0.25, 0.3) is 0 Å². The van der Waals surface area contributed by atoms with Gasteiger partial charge in [0, 0.05) is 25.7 Å². The summed E-state index contributed by atoms with van der Waals surface area (Å²) in [4.78, 5) is 0. The molecular weight excluding hydrogens is 274 g/mol. The van der Waals surface area contributed by atoms with Gasteiger partial charge in [-0.2, -0.15) is 5.10 Å². The number of nitrogens with zero attached hydrogens (tertiary/aromatic N) is 2. The molecule has 4 nitrogen and oxygen atoms in total. The first-order valence-corrected chi connectivity index (χ1v) is 8.21. The Labute approximate surface area is 125 Å². The van der Waals surface area contributed by atoms with E-state index >= 15 is 0 Å². The van der Waals surface area contributed by atoms with Crippen molar-refractivity contribution in [2.45, 2.75) is 64.8 Å². The molecule has 0 amide bonds. The number of nitrogens with one attached hydrogen (secondary N) is 1. The van der Waals surface area contributed by atoms with Crippen LogP contribution in [0.3, 0.4) is 0 Å². The van der Waals surface area contributed by atoms with Gasteiger partial charge in [0.1, 0.15) is 0 Å². The van der Waals surface area contributed by atoms with Gasteiger partial charge in [0.2, 0.25) is 0 Å². The van der Waals surface area contributed by atoms with E-state index in [4.69, 9.17) is 16.3 Å². The molecule has 20 heavy (non-hydrogen) atoms. The second-order valence-corrected chi connectivity index (χ2v) is 6.20. The summed E-state index contributed by atoms with van der Waals surface area (Å²) in [6, 6.07) is 0.476. The topological polar surface area (TPSA) is 39.1 Å². The molecule has 2 aliphatic rings. The Balaban J connectivity index is 1.66. The van der Waals surface area contributed by atoms with Crippen molar-refractivity contribution >= 4 is 11.6 Å². The number of halogens is 1. The number of hydrogen-bond donors (Lipinski definition) is 1. The van der Waals surface area contributed by atoms with Crippen molar-refractivity contribution < 1.29 is 4.74 Å². The molecule has 1 aromatic heterocycles. The van der Waals surface area contributed by atoms with Gasteiger partial charge in [-0.05, 0) is 38.5 Å². The second kappa shape index (κ2) is 6.04. The van der Waals surface area contributed by atoms with Crippen LogP contribution in [-0.4, -0.2) is 28.5 Å². The van der Waals surface area contributed by atoms with Crippen molar-refractivity contribution in [1.29, 1.82) is 0 Å². The standard InChI is InChI=1S/C15H24ClN3O/c1-3-11-14(16)13(19(4-2)18-11)9-17-12-7-8-20-15(12)10-5-6-10/h10,12,15,17H,3-9H2,1-2H3. The summed E-state index contributed by atoms with van der Waals surface area (Å²) in [5.41, 5.74) is 2.12. The van der Waals surface area contributed by atoms with Gasteiger partial charge in [-0.1, -0.05) is 18.5 Å². The molecule has 1 aliphatic carbocycles. The number of hydrogen-bond acceptors (Lipinski definition) is 3. The van der Waals surface area contributed by atoms with E-state index in [0.717, 1.165) is 54.9 Å². The lowest BCUT2D eigenvalue weighted by molar-refractivity contribution is 0.0807. The molecule has 2 fully saturated rings. The van der Waals surface area contributed by atoms with Crippen molar-refractivity contribution in [1.82, 2.24) is 15.1 Å². The zero-order chi connectivity index (χ0) is 14.1. The van der Waals surface area contributed by atoms with Crippen molar-refractivity contribution in [3.63, 3.8) is 0 Å². The molecule has 0 spiro atoms. The lowest BCUT2D eigenvalue weighted by atomic mass is 10.1. The maximum Gasteiger partial charge on any atom is 0.0863 e. The molecule has 2 atom stereocenters. The molecule has 2 heterocycles. The molecule has 0 radical (unpaired) electrons. The molecule has 112 valence electrons. The van der Waals surface area contributed by atoms with E-state index in [1.807, 2.05) is 4.68 Å². The van der Waals surface area contributed by atoms with Gasteiger partial charge < -0.3 is 10.1 Å². The summed E-state index contributed by atoms with van der Waals surface area (Å²) >= 11 is 6.45. The smallest absolute Gasteiger partial charge is 0.0863 e. The summed E-state index contributed by atoms with van der Waals surface area (Å²) in [5, 5.41) is 9.06. The van der Waals surface area contributed by atoms with Crippen LogP contribution < -0.4 is 5.32 Å². The fourth-order valence-electron chi connectivity index (χ4n) is 3.13. The molecule has 0 bridgehead atoms. The molecular formula is C15H24ClN3O. The molecule has 3 rings (SSSR count). The lowest BCUT2D eigenvalue weighted by Crippen LogP contribution is -2.37. The molecule has 1 saturated heterocycles. The molecule has 1 saturated carbocycles. The van der Waals surface area contributed by atoms with Crippen molar-refractivity contribution in [2.24, 2.45) is 5.92 Å². The zero-order valence-corrected chi connectivity index (χ0v) is 13.1. The van der Waals surface area contributed by atoms with E-state index in [1.54, 1.807) is 0 Å². The predicted octanol–water partition coefficient (Wildman–Crippen LogP) is 2.78. The third-order valence-corrected chi connectivity index (χ3v) is 4.88. The van der Waals surface area contributed by atoms with E-state index in [9.17, 15) is 0 Å². The van der Waals surface area contributed by atoms with E-state index in [-0.39, 0.29) is 0 Å². The summed E-state index contributed by atoms with van der Waals surface area (Å²) in [6.45, 7) is 6.75. The Bertz CT molecular complexity index is 470. The first kappa shape index (κ1) is 14.4. The summed E-state index contributed by atoms with van der Waals surface area (Å²) in [5.74, 6) is 0.785. The quantitative estimate of drug-likeness (QED) is 0.877. The lowest BCUT2D eigenvalue weighted by Gasteiger charge is -2.19. The molecule has 1 aliphatic heterocycles. The number of aryl methyl sites for hydroxylation is 2. The molecule has 1 aromatic rings. The maximum atomic E-state index is 6.45. The minimum atomic E-state index is 0.414.